The molecule has 1 aromatic carbocycles. The number of carbonyl (C=O) groups excluding carboxylic acids is 4. The lowest BCUT2D eigenvalue weighted by molar-refractivity contribution is -0.130. The first-order valence-electron chi connectivity index (χ1n) is 17.9. The lowest BCUT2D eigenvalue weighted by atomic mass is 9.79. The number of methoxy groups -OCH3 is 2. The van der Waals surface area contributed by atoms with E-state index in [-0.39, 0.29) is 43.5 Å². The highest BCUT2D eigenvalue weighted by Gasteiger charge is 2.43. The third-order valence-electron chi connectivity index (χ3n) is 9.58. The fourth-order valence-corrected chi connectivity index (χ4v) is 5.91. The molecule has 5 atom stereocenters. The lowest BCUT2D eigenvalue weighted by Gasteiger charge is -2.33. The molecule has 0 radical (unpaired) electrons. The summed E-state index contributed by atoms with van der Waals surface area (Å²) in [5, 5.41) is 2.90. The van der Waals surface area contributed by atoms with Gasteiger partial charge in [0.15, 0.2) is 11.5 Å². The molecule has 1 aromatic rings. The zero-order chi connectivity index (χ0) is 38.1. The Balaban J connectivity index is 2.38. The van der Waals surface area contributed by atoms with Crippen LogP contribution in [-0.4, -0.2) is 95.2 Å². The molecule has 3 amide bonds. The van der Waals surface area contributed by atoms with E-state index in [1.54, 1.807) is 35.0 Å². The highest BCUT2D eigenvalue weighted by atomic mass is 16.8. The van der Waals surface area contributed by atoms with Gasteiger partial charge in [-0.15, -0.1) is 0 Å². The van der Waals surface area contributed by atoms with Crippen LogP contribution in [0.3, 0.4) is 0 Å². The van der Waals surface area contributed by atoms with E-state index in [2.05, 4.69) is 19.2 Å². The number of nitrogens with two attached hydrogens (primary N) is 1. The van der Waals surface area contributed by atoms with Crippen molar-refractivity contribution in [3.8, 4) is 11.5 Å². The average Bonchev–Trinajstić information content (AvgIpc) is 3.49. The largest absolute Gasteiger partial charge is 0.511 e. The van der Waals surface area contributed by atoms with Crippen LogP contribution in [0.15, 0.2) is 18.2 Å². The normalized spacial score (nSPS) is 17.7. The molecule has 290 valence electrons. The number of primary amides is 1. The van der Waals surface area contributed by atoms with Gasteiger partial charge in [0, 0.05) is 32.6 Å². The third-order valence-corrected chi connectivity index (χ3v) is 9.58. The van der Waals surface area contributed by atoms with Crippen LogP contribution in [-0.2, 0) is 39.7 Å². The number of carbonyl (C=O) groups is 4. The number of benzene rings is 1. The quantitative estimate of drug-likeness (QED) is 0.0904. The summed E-state index contributed by atoms with van der Waals surface area (Å²) < 4.78 is 38.0. The molecule has 14 heteroatoms. The van der Waals surface area contributed by atoms with E-state index in [1.807, 2.05) is 32.0 Å². The molecule has 51 heavy (non-hydrogen) atoms. The van der Waals surface area contributed by atoms with E-state index < -0.39 is 48.4 Å². The van der Waals surface area contributed by atoms with Crippen LogP contribution in [0.4, 0.5) is 9.59 Å². The Morgan fingerprint density at radius 2 is 1.75 bits per heavy atom. The Labute approximate surface area is 303 Å². The highest BCUT2D eigenvalue weighted by Crippen LogP contribution is 2.36. The van der Waals surface area contributed by atoms with Crippen LogP contribution in [0, 0.1) is 29.1 Å². The molecule has 0 aliphatic carbocycles. The van der Waals surface area contributed by atoms with Crippen LogP contribution in [0.5, 0.6) is 11.5 Å². The highest BCUT2D eigenvalue weighted by molar-refractivity contribution is 5.83. The van der Waals surface area contributed by atoms with Gasteiger partial charge in [0.25, 0.3) is 0 Å². The van der Waals surface area contributed by atoms with Crippen LogP contribution in [0.2, 0.25) is 0 Å². The number of ether oxygens (including phenoxy) is 7. The van der Waals surface area contributed by atoms with Crippen molar-refractivity contribution in [3.05, 3.63) is 23.8 Å². The van der Waals surface area contributed by atoms with Crippen LogP contribution in [0.1, 0.15) is 79.7 Å². The van der Waals surface area contributed by atoms with E-state index in [0.717, 1.165) is 18.4 Å². The molecule has 5 unspecified atom stereocenters. The first-order valence-corrected chi connectivity index (χ1v) is 17.9. The van der Waals surface area contributed by atoms with E-state index in [9.17, 15) is 19.2 Å². The minimum Gasteiger partial charge on any atom is -0.493 e. The predicted octanol–water partition coefficient (Wildman–Crippen LogP) is 5.29. The van der Waals surface area contributed by atoms with Crippen molar-refractivity contribution in [2.24, 2.45) is 34.8 Å². The summed E-state index contributed by atoms with van der Waals surface area (Å²) in [5.74, 6) is 0.340. The van der Waals surface area contributed by atoms with Crippen molar-refractivity contribution in [3.63, 3.8) is 0 Å². The Morgan fingerprint density at radius 3 is 2.35 bits per heavy atom. The van der Waals surface area contributed by atoms with Crippen LogP contribution in [0.25, 0.3) is 0 Å². The van der Waals surface area contributed by atoms with E-state index in [0.29, 0.717) is 44.0 Å². The van der Waals surface area contributed by atoms with Gasteiger partial charge in [-0.05, 0) is 75.5 Å². The molecular weight excluding hydrogens is 662 g/mol. The van der Waals surface area contributed by atoms with Gasteiger partial charge in [-0.1, -0.05) is 40.2 Å². The van der Waals surface area contributed by atoms with Gasteiger partial charge in [0.2, 0.25) is 18.6 Å². The topological polar surface area (TPSA) is 174 Å². The van der Waals surface area contributed by atoms with Gasteiger partial charge in [-0.3, -0.25) is 14.5 Å². The van der Waals surface area contributed by atoms with Gasteiger partial charge < -0.3 is 44.2 Å². The molecule has 14 nitrogen and oxygen atoms in total. The summed E-state index contributed by atoms with van der Waals surface area (Å²) in [5.41, 5.74) is 5.66. The monoisotopic (exact) mass is 723 g/mol. The fourth-order valence-electron chi connectivity index (χ4n) is 5.91. The second-order valence-corrected chi connectivity index (χ2v) is 14.0. The van der Waals surface area contributed by atoms with Gasteiger partial charge in [0.05, 0.1) is 37.9 Å². The molecule has 1 saturated heterocycles. The SMILES string of the molecule is CCOC(=O)OCOC(=O)N1COC(CC(C(=O)NCC(C)(C)C(N)=O)C(C)C)C1CC(Cc1ccc(OC)c(OCCCOC)c1)C(C)CC. The van der Waals surface area contributed by atoms with Crippen molar-refractivity contribution >= 4 is 24.1 Å². The fraction of sp³-hybridized carbons (Fsp3) is 0.730. The number of hydrogen-bond donors (Lipinski definition) is 2. The standard InChI is InChI=1S/C37H61N3O11/c1-10-25(5)27(17-26-13-14-30(46-9)32(18-26)48-16-12-15-45-8)19-29-31(49-22-40(29)35(43)50-23-51-36(44)47-11-2)20-28(24(3)4)33(41)39-21-37(6,7)34(38)42/h13-14,18,24-25,27-29,31H,10-12,15-17,19-23H2,1-9H3,(H2,38,42)(H,39,41). The average molecular weight is 724 g/mol. The molecule has 1 fully saturated rings. The molecule has 0 bridgehead atoms. The van der Waals surface area contributed by atoms with E-state index in [1.165, 1.54) is 4.90 Å². The van der Waals surface area contributed by atoms with Crippen LogP contribution < -0.4 is 20.5 Å². The van der Waals surface area contributed by atoms with Crippen molar-refractivity contribution < 1.29 is 52.3 Å². The summed E-state index contributed by atoms with van der Waals surface area (Å²) in [4.78, 5) is 52.0. The van der Waals surface area contributed by atoms with Crippen molar-refractivity contribution in [1.82, 2.24) is 10.2 Å². The van der Waals surface area contributed by atoms with E-state index >= 15 is 0 Å². The summed E-state index contributed by atoms with van der Waals surface area (Å²) in [6.45, 7) is 13.8. The predicted molar refractivity (Wildman–Crippen MR) is 190 cm³/mol. The number of nitrogens with zero attached hydrogens (tertiary/aromatic N) is 1. The maximum atomic E-state index is 13.5. The Hall–Kier alpha value is -3.78. The maximum absolute atomic E-state index is 13.5. The molecule has 2 rings (SSSR count). The number of hydrogen-bond acceptors (Lipinski definition) is 11. The lowest BCUT2D eigenvalue weighted by Crippen LogP contribution is -2.47. The summed E-state index contributed by atoms with van der Waals surface area (Å²) in [6, 6.07) is 5.45. The molecule has 1 aliphatic heterocycles. The minimum atomic E-state index is -0.943. The van der Waals surface area contributed by atoms with Gasteiger partial charge in [-0.2, -0.15) is 0 Å². The molecular formula is C37H61N3O11. The number of rotatable bonds is 22. The summed E-state index contributed by atoms with van der Waals surface area (Å²) in [7, 11) is 3.26. The molecule has 0 saturated carbocycles. The Bertz CT molecular complexity index is 1260. The Morgan fingerprint density at radius 1 is 1.02 bits per heavy atom. The minimum absolute atomic E-state index is 0.0655. The first kappa shape index (κ1) is 43.4. The van der Waals surface area contributed by atoms with Crippen molar-refractivity contribution in [2.45, 2.75) is 92.7 Å². The van der Waals surface area contributed by atoms with E-state index in [4.69, 9.17) is 38.9 Å². The number of nitrogens with one attached hydrogen (secondary N) is 1. The zero-order valence-electron chi connectivity index (χ0n) is 32.0. The zero-order valence-corrected chi connectivity index (χ0v) is 32.0. The first-order chi connectivity index (χ1) is 24.2. The summed E-state index contributed by atoms with van der Waals surface area (Å²) >= 11 is 0. The molecule has 0 spiro atoms. The maximum Gasteiger partial charge on any atom is 0.511 e. The Kier molecular flexibility index (Phi) is 18.3. The smallest absolute Gasteiger partial charge is 0.493 e. The summed E-state index contributed by atoms with van der Waals surface area (Å²) in [6.07, 6.45) is 1.02. The second kappa shape index (κ2) is 21.6. The third kappa shape index (κ3) is 13.7. The molecule has 1 heterocycles. The second-order valence-electron chi connectivity index (χ2n) is 14.0. The van der Waals surface area contributed by atoms with Crippen molar-refractivity contribution in [2.75, 3.05) is 54.1 Å². The number of amides is 3. The molecule has 3 N–H and O–H groups in total. The molecule has 1 aliphatic rings. The van der Waals surface area contributed by atoms with Gasteiger partial charge >= 0.3 is 12.2 Å². The van der Waals surface area contributed by atoms with Crippen LogP contribution >= 0.6 is 0 Å². The van der Waals surface area contributed by atoms with Crippen molar-refractivity contribution in [1.29, 1.82) is 0 Å². The molecule has 0 aromatic heterocycles. The van der Waals surface area contributed by atoms with Gasteiger partial charge in [0.1, 0.15) is 6.73 Å². The van der Waals surface area contributed by atoms with Gasteiger partial charge in [-0.25, -0.2) is 9.59 Å².